The highest BCUT2D eigenvalue weighted by atomic mass is 35.5. The molecule has 0 radical (unpaired) electrons. The van der Waals surface area contributed by atoms with Crippen LogP contribution in [-0.4, -0.2) is 15.5 Å². The number of unbranched alkanes of at least 4 members (excludes halogenated alkanes) is 10. The molecular formula is C30H45ClN4O. The smallest absolute Gasteiger partial charge is 0.224 e. The van der Waals surface area contributed by atoms with Crippen LogP contribution in [0.5, 0.6) is 0 Å². The molecule has 5 nitrogen and oxygen atoms in total. The molecule has 0 unspecified atom stereocenters. The van der Waals surface area contributed by atoms with Gasteiger partial charge in [-0.1, -0.05) is 101 Å². The fourth-order valence-corrected chi connectivity index (χ4v) is 4.72. The van der Waals surface area contributed by atoms with Gasteiger partial charge >= 0.3 is 0 Å². The number of hydrogen-bond donors (Lipinski definition) is 2. The normalized spacial score (nSPS) is 10.9. The molecule has 0 atom stereocenters. The number of nitrogens with one attached hydrogen (secondary N) is 1. The van der Waals surface area contributed by atoms with E-state index in [9.17, 15) is 4.79 Å². The van der Waals surface area contributed by atoms with E-state index in [1.807, 2.05) is 24.3 Å². The van der Waals surface area contributed by atoms with Gasteiger partial charge in [-0.05, 0) is 43.0 Å². The second kappa shape index (κ2) is 17.0. The molecule has 1 amide bonds. The van der Waals surface area contributed by atoms with Gasteiger partial charge in [-0.25, -0.2) is 4.98 Å². The van der Waals surface area contributed by atoms with Crippen molar-refractivity contribution in [1.82, 2.24) is 9.55 Å². The summed E-state index contributed by atoms with van der Waals surface area (Å²) in [7, 11) is 0. The molecule has 0 fully saturated rings. The lowest BCUT2D eigenvalue weighted by Gasteiger charge is -2.08. The van der Waals surface area contributed by atoms with Crippen LogP contribution in [0.3, 0.4) is 0 Å². The Bertz CT molecular complexity index is 1020. The number of benzene rings is 2. The maximum atomic E-state index is 12.4. The molecule has 0 spiro atoms. The average molecular weight is 513 g/mol. The quantitative estimate of drug-likeness (QED) is 0.178. The SMILES string of the molecule is CCCCCCCCCCCCCC(=O)Nc1ccc2c(c1)nc(N)n2CCCc1ccccc1.Cl. The molecule has 2 aromatic carbocycles. The van der Waals surface area contributed by atoms with Crippen LogP contribution in [0.15, 0.2) is 48.5 Å². The van der Waals surface area contributed by atoms with Crippen molar-refractivity contribution in [2.75, 3.05) is 11.1 Å². The highest BCUT2D eigenvalue weighted by Crippen LogP contribution is 2.23. The standard InChI is InChI=1S/C30H44N4O.ClH/c1-2-3-4-5-6-7-8-9-10-11-15-20-29(35)32-26-21-22-28-27(24-26)33-30(31)34(28)23-16-19-25-17-13-12-14-18-25;/h12-14,17-18,21-22,24H,2-11,15-16,19-20,23H2,1H3,(H2,31,33)(H,32,35);1H. The lowest BCUT2D eigenvalue weighted by Crippen LogP contribution is -2.11. The largest absolute Gasteiger partial charge is 0.369 e. The molecule has 0 aliphatic heterocycles. The van der Waals surface area contributed by atoms with Gasteiger partial charge < -0.3 is 15.6 Å². The second-order valence-electron chi connectivity index (χ2n) is 9.75. The van der Waals surface area contributed by atoms with E-state index >= 15 is 0 Å². The maximum Gasteiger partial charge on any atom is 0.224 e. The first kappa shape index (κ1) is 29.7. The van der Waals surface area contributed by atoms with Gasteiger partial charge in [-0.15, -0.1) is 12.4 Å². The molecule has 3 N–H and O–H groups in total. The van der Waals surface area contributed by atoms with Crippen molar-refractivity contribution in [3.8, 4) is 0 Å². The number of fused-ring (bicyclic) bond motifs is 1. The van der Waals surface area contributed by atoms with Crippen molar-refractivity contribution >= 4 is 41.0 Å². The number of halogens is 1. The van der Waals surface area contributed by atoms with Crippen LogP contribution in [0.25, 0.3) is 11.0 Å². The van der Waals surface area contributed by atoms with Gasteiger partial charge in [0, 0.05) is 18.7 Å². The summed E-state index contributed by atoms with van der Waals surface area (Å²) in [6.45, 7) is 3.08. The molecule has 0 aliphatic carbocycles. The monoisotopic (exact) mass is 512 g/mol. The number of aromatic nitrogens is 2. The van der Waals surface area contributed by atoms with E-state index in [1.54, 1.807) is 0 Å². The third-order valence-electron chi connectivity index (χ3n) is 6.76. The third-order valence-corrected chi connectivity index (χ3v) is 6.76. The van der Waals surface area contributed by atoms with Gasteiger partial charge in [0.05, 0.1) is 11.0 Å². The third kappa shape index (κ3) is 10.2. The Kier molecular flexibility index (Phi) is 14.0. The number of nitrogen functional groups attached to an aromatic ring is 1. The first-order chi connectivity index (χ1) is 17.2. The molecule has 36 heavy (non-hydrogen) atoms. The molecule has 3 aromatic rings. The Morgan fingerprint density at radius 1 is 0.861 bits per heavy atom. The lowest BCUT2D eigenvalue weighted by molar-refractivity contribution is -0.116. The van der Waals surface area contributed by atoms with Crippen molar-refractivity contribution in [3.05, 3.63) is 54.1 Å². The zero-order valence-electron chi connectivity index (χ0n) is 22.0. The maximum absolute atomic E-state index is 12.4. The number of amides is 1. The molecule has 1 aromatic heterocycles. The summed E-state index contributed by atoms with van der Waals surface area (Å²) in [5.74, 6) is 0.605. The Balaban J connectivity index is 0.00000456. The molecule has 6 heteroatoms. The van der Waals surface area contributed by atoms with Crippen molar-refractivity contribution in [1.29, 1.82) is 0 Å². The van der Waals surface area contributed by atoms with Gasteiger partial charge in [-0.2, -0.15) is 0 Å². The van der Waals surface area contributed by atoms with E-state index in [-0.39, 0.29) is 18.3 Å². The van der Waals surface area contributed by atoms with Crippen molar-refractivity contribution < 1.29 is 4.79 Å². The average Bonchev–Trinajstić information content (AvgIpc) is 3.17. The molecule has 198 valence electrons. The minimum Gasteiger partial charge on any atom is -0.369 e. The summed E-state index contributed by atoms with van der Waals surface area (Å²) >= 11 is 0. The number of imidazole rings is 1. The van der Waals surface area contributed by atoms with E-state index in [0.29, 0.717) is 12.4 Å². The summed E-state index contributed by atoms with van der Waals surface area (Å²) in [4.78, 5) is 16.9. The number of anilines is 2. The highest BCUT2D eigenvalue weighted by molar-refractivity contribution is 5.93. The van der Waals surface area contributed by atoms with Crippen molar-refractivity contribution in [2.45, 2.75) is 103 Å². The van der Waals surface area contributed by atoms with Crippen LogP contribution >= 0.6 is 12.4 Å². The van der Waals surface area contributed by atoms with Crippen molar-refractivity contribution in [2.24, 2.45) is 0 Å². The van der Waals surface area contributed by atoms with Gasteiger partial charge in [0.15, 0.2) is 0 Å². The first-order valence-electron chi connectivity index (χ1n) is 13.8. The van der Waals surface area contributed by atoms with Gasteiger partial charge in [0.25, 0.3) is 0 Å². The minimum atomic E-state index is 0. The zero-order chi connectivity index (χ0) is 24.7. The molecule has 3 rings (SSSR count). The Morgan fingerprint density at radius 3 is 2.17 bits per heavy atom. The molecule has 0 saturated carbocycles. The van der Waals surface area contributed by atoms with E-state index in [1.165, 1.54) is 63.4 Å². The van der Waals surface area contributed by atoms with Crippen LogP contribution in [-0.2, 0) is 17.8 Å². The minimum absolute atomic E-state index is 0. The summed E-state index contributed by atoms with van der Waals surface area (Å²) in [5, 5.41) is 3.03. The van der Waals surface area contributed by atoms with Crippen LogP contribution in [0.2, 0.25) is 0 Å². The van der Waals surface area contributed by atoms with Crippen LogP contribution in [0, 0.1) is 0 Å². The van der Waals surface area contributed by atoms with E-state index < -0.39 is 0 Å². The predicted molar refractivity (Wildman–Crippen MR) is 156 cm³/mol. The van der Waals surface area contributed by atoms with Gasteiger partial charge in [0.2, 0.25) is 11.9 Å². The van der Waals surface area contributed by atoms with E-state index in [2.05, 4.69) is 46.1 Å². The number of carbonyl (C=O) groups excluding carboxylic acids is 1. The number of rotatable bonds is 17. The number of aryl methyl sites for hydroxylation is 2. The summed E-state index contributed by atoms with van der Waals surface area (Å²) in [6, 6.07) is 16.4. The highest BCUT2D eigenvalue weighted by Gasteiger charge is 2.10. The Morgan fingerprint density at radius 2 is 1.50 bits per heavy atom. The number of hydrogen-bond acceptors (Lipinski definition) is 3. The fraction of sp³-hybridized carbons (Fsp3) is 0.533. The van der Waals surface area contributed by atoms with Gasteiger partial charge in [0.1, 0.15) is 0 Å². The summed E-state index contributed by atoms with van der Waals surface area (Å²) in [5.41, 5.74) is 10.2. The molecule has 0 saturated heterocycles. The van der Waals surface area contributed by atoms with Crippen LogP contribution in [0.4, 0.5) is 11.6 Å². The second-order valence-corrected chi connectivity index (χ2v) is 9.75. The van der Waals surface area contributed by atoms with E-state index in [4.69, 9.17) is 5.73 Å². The molecule has 0 bridgehead atoms. The number of nitrogens with two attached hydrogens (primary N) is 1. The molecule has 0 aliphatic rings. The number of carbonyl (C=O) groups is 1. The predicted octanol–water partition coefficient (Wildman–Crippen LogP) is 8.31. The van der Waals surface area contributed by atoms with Gasteiger partial charge in [-0.3, -0.25) is 4.79 Å². The topological polar surface area (TPSA) is 72.9 Å². The Labute approximate surface area is 223 Å². The van der Waals surface area contributed by atoms with E-state index in [0.717, 1.165) is 48.9 Å². The summed E-state index contributed by atoms with van der Waals surface area (Å²) < 4.78 is 2.06. The summed E-state index contributed by atoms with van der Waals surface area (Å²) in [6.07, 6.45) is 16.7. The lowest BCUT2D eigenvalue weighted by atomic mass is 10.1. The fourth-order valence-electron chi connectivity index (χ4n) is 4.72. The Hall–Kier alpha value is -2.53. The van der Waals surface area contributed by atoms with Crippen LogP contribution in [0.1, 0.15) is 96.0 Å². The van der Waals surface area contributed by atoms with Crippen molar-refractivity contribution in [3.63, 3.8) is 0 Å². The molecule has 1 heterocycles. The number of nitrogens with zero attached hydrogens (tertiary/aromatic N) is 2. The van der Waals surface area contributed by atoms with Crippen LogP contribution < -0.4 is 11.1 Å². The zero-order valence-corrected chi connectivity index (χ0v) is 22.8. The molecular weight excluding hydrogens is 468 g/mol. The first-order valence-corrected chi connectivity index (χ1v) is 13.8.